The van der Waals surface area contributed by atoms with Crippen LogP contribution in [0.4, 0.5) is 0 Å². The number of β-amino-alcohol motifs (C(OH)–C–C–N with tert-alkyl or cyclic N) is 1. The van der Waals surface area contributed by atoms with Crippen molar-refractivity contribution in [3.63, 3.8) is 0 Å². The van der Waals surface area contributed by atoms with Gasteiger partial charge in [0.1, 0.15) is 0 Å². The molecule has 2 rings (SSSR count). The minimum absolute atomic E-state index is 0.240. The molecule has 2 unspecified atom stereocenters. The molecule has 0 aromatic rings. The monoisotopic (exact) mass is 247 g/mol. The van der Waals surface area contributed by atoms with Crippen molar-refractivity contribution in [3.8, 4) is 0 Å². The van der Waals surface area contributed by atoms with Crippen molar-refractivity contribution in [2.24, 2.45) is 5.73 Å². The predicted octanol–water partition coefficient (Wildman–Crippen LogP) is -1.06. The molecule has 17 heavy (non-hydrogen) atoms. The summed E-state index contributed by atoms with van der Waals surface area (Å²) in [5.74, 6) is 0. The van der Waals surface area contributed by atoms with Crippen molar-refractivity contribution in [2.45, 2.75) is 25.8 Å². The van der Waals surface area contributed by atoms with Gasteiger partial charge < -0.3 is 25.6 Å². The van der Waals surface area contributed by atoms with Gasteiger partial charge in [0.05, 0.1) is 26.0 Å². The Bertz CT molecular complexity index is 183. The van der Waals surface area contributed by atoms with Crippen LogP contribution in [0.3, 0.4) is 0 Å². The summed E-state index contributed by atoms with van der Waals surface area (Å²) in [5.41, 5.74) is 5.82. The van der Waals surface area contributed by atoms with Gasteiger partial charge in [-0.25, -0.2) is 0 Å². The van der Waals surface area contributed by atoms with Crippen LogP contribution in [0.15, 0.2) is 0 Å². The number of nitrogens with two attached hydrogens (primary N) is 1. The van der Waals surface area contributed by atoms with Crippen LogP contribution in [0.1, 0.15) is 13.3 Å². The molecule has 0 aliphatic carbocycles. The molecule has 0 aromatic heterocycles. The second-order valence-corrected chi connectivity index (χ2v) is 4.15. The van der Waals surface area contributed by atoms with Crippen LogP contribution in [-0.4, -0.2) is 68.5 Å². The molecule has 0 aromatic carbocycles. The number of aliphatic hydroxyl groups excluding tert-OH is 1. The van der Waals surface area contributed by atoms with Crippen LogP contribution in [0.5, 0.6) is 0 Å². The first-order chi connectivity index (χ1) is 8.24. The smallest absolute Gasteiger partial charge is 0.167 e. The zero-order chi connectivity index (χ0) is 12.5. The predicted molar refractivity (Wildman–Crippen MR) is 65.5 cm³/mol. The lowest BCUT2D eigenvalue weighted by molar-refractivity contribution is -0.112. The van der Waals surface area contributed by atoms with Crippen molar-refractivity contribution in [2.75, 3.05) is 46.0 Å². The highest BCUT2D eigenvalue weighted by atomic mass is 16.6. The van der Waals surface area contributed by atoms with Crippen LogP contribution in [0, 0.1) is 0 Å². The Hall–Kier alpha value is -0.240. The van der Waals surface area contributed by atoms with Gasteiger partial charge in [-0.1, -0.05) is 6.92 Å². The number of hydrogen-bond acceptors (Lipinski definition) is 6. The summed E-state index contributed by atoms with van der Waals surface area (Å²) in [6.07, 6.45) is 0.692. The average Bonchev–Trinajstić information content (AvgIpc) is 2.40. The van der Waals surface area contributed by atoms with Crippen molar-refractivity contribution in [3.05, 3.63) is 0 Å². The Kier molecular flexibility index (Phi) is 7.67. The largest absolute Gasteiger partial charge is 0.379 e. The van der Waals surface area contributed by atoms with E-state index < -0.39 is 6.29 Å². The summed E-state index contributed by atoms with van der Waals surface area (Å²) in [5, 5.41) is 11.6. The summed E-state index contributed by atoms with van der Waals surface area (Å²) in [4.78, 5) is 2.27. The third-order valence-corrected chi connectivity index (χ3v) is 2.84. The molecular formula is C11H25N3O3. The normalized spacial score (nSPS) is 28.1. The maximum atomic E-state index is 8.62. The van der Waals surface area contributed by atoms with E-state index in [1.54, 1.807) is 0 Å². The van der Waals surface area contributed by atoms with Gasteiger partial charge >= 0.3 is 0 Å². The van der Waals surface area contributed by atoms with Crippen molar-refractivity contribution >= 4 is 0 Å². The van der Waals surface area contributed by atoms with E-state index in [1.807, 2.05) is 0 Å². The Morgan fingerprint density at radius 3 is 2.53 bits per heavy atom. The number of hydrogen-bond donors (Lipinski definition) is 3. The Morgan fingerprint density at radius 1 is 1.41 bits per heavy atom. The molecule has 6 heteroatoms. The van der Waals surface area contributed by atoms with Gasteiger partial charge in [0.25, 0.3) is 0 Å². The molecular weight excluding hydrogens is 222 g/mol. The van der Waals surface area contributed by atoms with Gasteiger partial charge in [-0.15, -0.1) is 0 Å². The topological polar surface area (TPSA) is 80.0 Å². The highest BCUT2D eigenvalue weighted by Gasteiger charge is 2.14. The standard InChI is InChI=1S/C7H16N2O.C4H9NO2/c1-2-7(8)9-3-5-10-6-4-9;6-4-3-5-1-2-7-4/h7H,2-6,8H2,1H3;4-6H,1-3H2. The Balaban J connectivity index is 0.000000181. The number of rotatable bonds is 2. The molecule has 2 fully saturated rings. The highest BCUT2D eigenvalue weighted by Crippen LogP contribution is 2.01. The van der Waals surface area contributed by atoms with E-state index in [9.17, 15) is 0 Å². The van der Waals surface area contributed by atoms with Crippen LogP contribution in [0.2, 0.25) is 0 Å². The number of nitrogens with one attached hydrogen (secondary N) is 1. The Labute approximate surface area is 103 Å². The van der Waals surface area contributed by atoms with E-state index >= 15 is 0 Å². The van der Waals surface area contributed by atoms with Gasteiger partial charge in [0.15, 0.2) is 6.29 Å². The van der Waals surface area contributed by atoms with Crippen LogP contribution < -0.4 is 11.1 Å². The van der Waals surface area contributed by atoms with E-state index in [2.05, 4.69) is 17.1 Å². The third-order valence-electron chi connectivity index (χ3n) is 2.84. The summed E-state index contributed by atoms with van der Waals surface area (Å²) < 4.78 is 9.97. The van der Waals surface area contributed by atoms with Crippen LogP contribution >= 0.6 is 0 Å². The molecule has 6 nitrogen and oxygen atoms in total. The van der Waals surface area contributed by atoms with E-state index in [1.165, 1.54) is 0 Å². The van der Waals surface area contributed by atoms with E-state index in [0.717, 1.165) is 39.3 Å². The number of morpholine rings is 2. The van der Waals surface area contributed by atoms with Gasteiger partial charge in [-0.3, -0.25) is 4.90 Å². The summed E-state index contributed by atoms with van der Waals surface area (Å²) in [7, 11) is 0. The molecule has 2 saturated heterocycles. The summed E-state index contributed by atoms with van der Waals surface area (Å²) in [6, 6.07) is 0. The second-order valence-electron chi connectivity index (χ2n) is 4.15. The van der Waals surface area contributed by atoms with Crippen molar-refractivity contribution < 1.29 is 14.6 Å². The lowest BCUT2D eigenvalue weighted by atomic mass is 10.3. The molecule has 0 radical (unpaired) electrons. The van der Waals surface area contributed by atoms with Crippen molar-refractivity contribution in [1.82, 2.24) is 10.2 Å². The molecule has 2 atom stereocenters. The molecule has 2 aliphatic heterocycles. The fourth-order valence-corrected chi connectivity index (χ4v) is 1.72. The number of aliphatic hydroxyl groups is 1. The van der Waals surface area contributed by atoms with Crippen LogP contribution in [-0.2, 0) is 9.47 Å². The molecule has 0 amide bonds. The zero-order valence-electron chi connectivity index (χ0n) is 10.6. The first kappa shape index (κ1) is 14.8. The first-order valence-electron chi connectivity index (χ1n) is 6.31. The SMILES string of the molecule is CCC(N)N1CCOCC1.OC1CNCCO1. The molecule has 2 heterocycles. The van der Waals surface area contributed by atoms with Gasteiger partial charge in [0, 0.05) is 26.2 Å². The average molecular weight is 247 g/mol. The molecule has 102 valence electrons. The van der Waals surface area contributed by atoms with Gasteiger partial charge in [-0.2, -0.15) is 0 Å². The summed E-state index contributed by atoms with van der Waals surface area (Å²) in [6.45, 7) is 7.84. The molecule has 0 bridgehead atoms. The number of nitrogens with zero attached hydrogens (tertiary/aromatic N) is 1. The van der Waals surface area contributed by atoms with E-state index in [-0.39, 0.29) is 6.17 Å². The van der Waals surface area contributed by atoms with Gasteiger partial charge in [-0.05, 0) is 6.42 Å². The molecule has 0 saturated carbocycles. The fourth-order valence-electron chi connectivity index (χ4n) is 1.72. The molecule has 0 spiro atoms. The van der Waals surface area contributed by atoms with Crippen LogP contribution in [0.25, 0.3) is 0 Å². The number of ether oxygens (including phenoxy) is 2. The van der Waals surface area contributed by atoms with Crippen molar-refractivity contribution in [1.29, 1.82) is 0 Å². The maximum Gasteiger partial charge on any atom is 0.167 e. The lowest BCUT2D eigenvalue weighted by Crippen LogP contribution is -2.47. The Morgan fingerprint density at radius 2 is 2.12 bits per heavy atom. The van der Waals surface area contributed by atoms with E-state index in [4.69, 9.17) is 20.3 Å². The summed E-state index contributed by atoms with van der Waals surface area (Å²) >= 11 is 0. The maximum absolute atomic E-state index is 8.62. The molecule has 2 aliphatic rings. The quantitative estimate of drug-likeness (QED) is 0.577. The highest BCUT2D eigenvalue weighted by molar-refractivity contribution is 4.66. The first-order valence-corrected chi connectivity index (χ1v) is 6.31. The minimum atomic E-state index is -0.575. The van der Waals surface area contributed by atoms with E-state index in [0.29, 0.717) is 13.2 Å². The fraction of sp³-hybridized carbons (Fsp3) is 1.00. The van der Waals surface area contributed by atoms with Gasteiger partial charge in [0.2, 0.25) is 0 Å². The lowest BCUT2D eigenvalue weighted by Gasteiger charge is -2.31. The second kappa shape index (κ2) is 8.79. The minimum Gasteiger partial charge on any atom is -0.379 e. The molecule has 4 N–H and O–H groups in total. The zero-order valence-corrected chi connectivity index (χ0v) is 10.6. The third kappa shape index (κ3) is 6.30.